The number of aromatic nitrogens is 1. The summed E-state index contributed by atoms with van der Waals surface area (Å²) in [6.45, 7) is 3.79. The molecule has 2 aliphatic heterocycles. The molecule has 0 radical (unpaired) electrons. The first kappa shape index (κ1) is 22.0. The zero-order valence-corrected chi connectivity index (χ0v) is 18.9. The van der Waals surface area contributed by atoms with Crippen LogP contribution in [0.15, 0.2) is 41.9 Å². The largest absolute Gasteiger partial charge is 0.342 e. The number of carbonyl (C=O) groups excluding carboxylic acids is 2. The summed E-state index contributed by atoms with van der Waals surface area (Å²) in [6, 6.07) is 9.75. The predicted octanol–water partition coefficient (Wildman–Crippen LogP) is 3.46. The fourth-order valence-corrected chi connectivity index (χ4v) is 5.32. The summed E-state index contributed by atoms with van der Waals surface area (Å²) in [4.78, 5) is 34.4. The third-order valence-electron chi connectivity index (χ3n) is 6.36. The average Bonchev–Trinajstić information content (AvgIpc) is 3.20. The zero-order valence-electron chi connectivity index (χ0n) is 18.0. The van der Waals surface area contributed by atoms with Crippen molar-refractivity contribution in [1.82, 2.24) is 20.1 Å². The van der Waals surface area contributed by atoms with Gasteiger partial charge in [-0.3, -0.25) is 14.5 Å². The molecule has 2 aliphatic rings. The summed E-state index contributed by atoms with van der Waals surface area (Å²) in [7, 11) is 0. The number of hydrogen-bond acceptors (Lipinski definition) is 5. The molecule has 0 saturated carbocycles. The van der Waals surface area contributed by atoms with Crippen molar-refractivity contribution in [2.24, 2.45) is 5.92 Å². The highest BCUT2D eigenvalue weighted by atomic mass is 32.1. The standard InChI is InChI=1S/C24H32N4O2S/c29-21(26-22(23-25-12-17-31-23)19-8-4-3-5-9-19)18-27-15-10-20(11-16-27)24(30)28-13-6-1-2-7-14-28/h3-5,8-9,12,17,20,22H,1-2,6-7,10-11,13-16,18H2,(H,26,29). The summed E-state index contributed by atoms with van der Waals surface area (Å²) in [5, 5.41) is 5.99. The summed E-state index contributed by atoms with van der Waals surface area (Å²) in [5.74, 6) is 0.449. The Balaban J connectivity index is 1.29. The summed E-state index contributed by atoms with van der Waals surface area (Å²) in [6.07, 6.45) is 8.20. The Labute approximate surface area is 188 Å². The maximum absolute atomic E-state index is 12.9. The Morgan fingerprint density at radius 2 is 1.74 bits per heavy atom. The van der Waals surface area contributed by atoms with E-state index in [4.69, 9.17) is 0 Å². The number of likely N-dealkylation sites (tertiary alicyclic amines) is 2. The molecule has 6 nitrogen and oxygen atoms in total. The van der Waals surface area contributed by atoms with Crippen LogP contribution in [-0.2, 0) is 9.59 Å². The van der Waals surface area contributed by atoms with Crippen LogP contribution < -0.4 is 5.32 Å². The number of nitrogens with zero attached hydrogens (tertiary/aromatic N) is 3. The Bertz CT molecular complexity index is 827. The summed E-state index contributed by atoms with van der Waals surface area (Å²) >= 11 is 1.55. The Kier molecular flexibility index (Phi) is 7.70. The lowest BCUT2D eigenvalue weighted by molar-refractivity contribution is -0.137. The van der Waals surface area contributed by atoms with Crippen molar-refractivity contribution in [1.29, 1.82) is 0 Å². The molecule has 1 unspecified atom stereocenters. The number of nitrogens with one attached hydrogen (secondary N) is 1. The molecule has 4 rings (SSSR count). The molecule has 1 aromatic heterocycles. The minimum Gasteiger partial charge on any atom is -0.342 e. The number of amides is 2. The molecule has 166 valence electrons. The van der Waals surface area contributed by atoms with Crippen molar-refractivity contribution in [2.45, 2.75) is 44.6 Å². The van der Waals surface area contributed by atoms with Gasteiger partial charge in [-0.1, -0.05) is 43.2 Å². The van der Waals surface area contributed by atoms with Crippen LogP contribution in [0.3, 0.4) is 0 Å². The zero-order chi connectivity index (χ0) is 21.5. The highest BCUT2D eigenvalue weighted by Gasteiger charge is 2.30. The smallest absolute Gasteiger partial charge is 0.235 e. The van der Waals surface area contributed by atoms with Gasteiger partial charge in [-0.25, -0.2) is 4.98 Å². The SMILES string of the molecule is O=C(CN1CCC(C(=O)N2CCCCCC2)CC1)NC(c1ccccc1)c1nccs1. The number of carbonyl (C=O) groups is 2. The molecule has 1 atom stereocenters. The molecule has 0 spiro atoms. The van der Waals surface area contributed by atoms with Gasteiger partial charge in [-0.05, 0) is 44.3 Å². The summed E-state index contributed by atoms with van der Waals surface area (Å²) in [5.41, 5.74) is 1.03. The van der Waals surface area contributed by atoms with E-state index < -0.39 is 0 Å². The van der Waals surface area contributed by atoms with Crippen LogP contribution in [0.1, 0.15) is 55.1 Å². The van der Waals surface area contributed by atoms with Gasteiger partial charge in [-0.2, -0.15) is 0 Å². The number of piperidine rings is 1. The van der Waals surface area contributed by atoms with Crippen LogP contribution in [0, 0.1) is 5.92 Å². The van der Waals surface area contributed by atoms with E-state index in [1.165, 1.54) is 12.8 Å². The maximum atomic E-state index is 12.9. The van der Waals surface area contributed by atoms with Crippen molar-refractivity contribution < 1.29 is 9.59 Å². The molecule has 2 amide bonds. The van der Waals surface area contributed by atoms with E-state index in [9.17, 15) is 9.59 Å². The Morgan fingerprint density at radius 3 is 2.39 bits per heavy atom. The normalized spacial score (nSPS) is 19.5. The van der Waals surface area contributed by atoms with Crippen molar-refractivity contribution >= 4 is 23.2 Å². The molecule has 0 bridgehead atoms. The molecule has 2 saturated heterocycles. The molecule has 3 heterocycles. The lowest BCUT2D eigenvalue weighted by Crippen LogP contribution is -2.46. The molecule has 1 aromatic carbocycles. The monoisotopic (exact) mass is 440 g/mol. The number of thiazole rings is 1. The third-order valence-corrected chi connectivity index (χ3v) is 7.20. The van der Waals surface area contributed by atoms with E-state index in [1.807, 2.05) is 35.7 Å². The van der Waals surface area contributed by atoms with E-state index in [1.54, 1.807) is 17.5 Å². The first-order chi connectivity index (χ1) is 15.2. The van der Waals surface area contributed by atoms with Gasteiger partial charge in [0, 0.05) is 30.6 Å². The number of rotatable bonds is 6. The highest BCUT2D eigenvalue weighted by Crippen LogP contribution is 2.24. The lowest BCUT2D eigenvalue weighted by Gasteiger charge is -2.33. The van der Waals surface area contributed by atoms with Crippen LogP contribution in [-0.4, -0.2) is 59.3 Å². The molecular weight excluding hydrogens is 408 g/mol. The first-order valence-electron chi connectivity index (χ1n) is 11.5. The number of hydrogen-bond donors (Lipinski definition) is 1. The Morgan fingerprint density at radius 1 is 1.03 bits per heavy atom. The molecule has 31 heavy (non-hydrogen) atoms. The Hall–Kier alpha value is -2.25. The van der Waals surface area contributed by atoms with E-state index in [-0.39, 0.29) is 17.9 Å². The van der Waals surface area contributed by atoms with Gasteiger partial charge in [0.25, 0.3) is 0 Å². The van der Waals surface area contributed by atoms with E-state index in [0.29, 0.717) is 12.5 Å². The van der Waals surface area contributed by atoms with Crippen molar-refractivity contribution in [2.75, 3.05) is 32.7 Å². The van der Waals surface area contributed by atoms with Gasteiger partial charge < -0.3 is 10.2 Å². The fraction of sp³-hybridized carbons (Fsp3) is 0.542. The highest BCUT2D eigenvalue weighted by molar-refractivity contribution is 7.09. The topological polar surface area (TPSA) is 65.5 Å². The second kappa shape index (κ2) is 10.9. The van der Waals surface area contributed by atoms with Gasteiger partial charge in [0.05, 0.1) is 6.54 Å². The van der Waals surface area contributed by atoms with Gasteiger partial charge in [0.1, 0.15) is 11.0 Å². The third kappa shape index (κ3) is 5.92. The van der Waals surface area contributed by atoms with Gasteiger partial charge >= 0.3 is 0 Å². The summed E-state index contributed by atoms with van der Waals surface area (Å²) < 4.78 is 0. The van der Waals surface area contributed by atoms with Gasteiger partial charge in [-0.15, -0.1) is 11.3 Å². The van der Waals surface area contributed by atoms with Crippen molar-refractivity contribution in [3.63, 3.8) is 0 Å². The predicted molar refractivity (Wildman–Crippen MR) is 123 cm³/mol. The second-order valence-corrected chi connectivity index (χ2v) is 9.50. The fourth-order valence-electron chi connectivity index (χ4n) is 4.61. The van der Waals surface area contributed by atoms with Crippen molar-refractivity contribution in [3.8, 4) is 0 Å². The minimum absolute atomic E-state index is 0.00125. The van der Waals surface area contributed by atoms with Crippen LogP contribution >= 0.6 is 11.3 Å². The number of benzene rings is 1. The van der Waals surface area contributed by atoms with Crippen LogP contribution in [0.5, 0.6) is 0 Å². The molecule has 2 fully saturated rings. The minimum atomic E-state index is -0.226. The van der Waals surface area contributed by atoms with Gasteiger partial charge in [0.2, 0.25) is 11.8 Å². The van der Waals surface area contributed by atoms with Gasteiger partial charge in [0.15, 0.2) is 0 Å². The molecule has 1 N–H and O–H groups in total. The van der Waals surface area contributed by atoms with Crippen LogP contribution in [0.2, 0.25) is 0 Å². The lowest BCUT2D eigenvalue weighted by atomic mass is 9.95. The molecule has 0 aliphatic carbocycles. The molecule has 7 heteroatoms. The second-order valence-electron chi connectivity index (χ2n) is 8.57. The molecule has 2 aromatic rings. The van der Waals surface area contributed by atoms with Crippen LogP contribution in [0.4, 0.5) is 0 Å². The van der Waals surface area contributed by atoms with Crippen LogP contribution in [0.25, 0.3) is 0 Å². The van der Waals surface area contributed by atoms with E-state index in [2.05, 4.69) is 20.1 Å². The average molecular weight is 441 g/mol. The quantitative estimate of drug-likeness (QED) is 0.747. The van der Waals surface area contributed by atoms with E-state index >= 15 is 0 Å². The van der Waals surface area contributed by atoms with E-state index in [0.717, 1.165) is 62.4 Å². The molecular formula is C24H32N4O2S. The maximum Gasteiger partial charge on any atom is 0.235 e. The first-order valence-corrected chi connectivity index (χ1v) is 12.3. The van der Waals surface area contributed by atoms with Crippen molar-refractivity contribution in [3.05, 3.63) is 52.5 Å².